The van der Waals surface area contributed by atoms with E-state index in [-0.39, 0.29) is 0 Å². The highest BCUT2D eigenvalue weighted by Crippen LogP contribution is 2.19. The van der Waals surface area contributed by atoms with E-state index >= 15 is 0 Å². The van der Waals surface area contributed by atoms with Crippen LogP contribution < -0.4 is 10.6 Å². The number of rotatable bonds is 6. The SMILES string of the molecule is CCCNC(CC)[N]C1CCCC1. The molecular formula is C11H23N2. The zero-order valence-corrected chi connectivity index (χ0v) is 9.05. The van der Waals surface area contributed by atoms with Crippen LogP contribution in [0, 0.1) is 0 Å². The van der Waals surface area contributed by atoms with Crippen molar-refractivity contribution in [2.75, 3.05) is 6.54 Å². The number of hydrogen-bond donors (Lipinski definition) is 1. The van der Waals surface area contributed by atoms with E-state index in [1.807, 2.05) is 0 Å². The van der Waals surface area contributed by atoms with Gasteiger partial charge in [0, 0.05) is 6.04 Å². The quantitative estimate of drug-likeness (QED) is 0.671. The molecule has 1 rings (SSSR count). The molecule has 2 heteroatoms. The molecule has 1 atom stereocenters. The molecule has 1 saturated carbocycles. The molecule has 0 heterocycles. The normalized spacial score (nSPS) is 20.8. The van der Waals surface area contributed by atoms with Gasteiger partial charge in [0.2, 0.25) is 0 Å². The van der Waals surface area contributed by atoms with Gasteiger partial charge in [0.15, 0.2) is 0 Å². The Bertz CT molecular complexity index is 119. The van der Waals surface area contributed by atoms with Gasteiger partial charge in [-0.1, -0.05) is 26.7 Å². The van der Waals surface area contributed by atoms with Crippen molar-refractivity contribution in [2.45, 2.75) is 64.6 Å². The van der Waals surface area contributed by atoms with Gasteiger partial charge in [-0.3, -0.25) is 0 Å². The van der Waals surface area contributed by atoms with E-state index in [2.05, 4.69) is 19.2 Å². The topological polar surface area (TPSA) is 26.1 Å². The van der Waals surface area contributed by atoms with Gasteiger partial charge >= 0.3 is 0 Å². The van der Waals surface area contributed by atoms with E-state index in [1.165, 1.54) is 32.1 Å². The Labute approximate surface area is 82.5 Å². The summed E-state index contributed by atoms with van der Waals surface area (Å²) in [4.78, 5) is 0. The monoisotopic (exact) mass is 183 g/mol. The van der Waals surface area contributed by atoms with Crippen molar-refractivity contribution in [3.8, 4) is 0 Å². The lowest BCUT2D eigenvalue weighted by molar-refractivity contribution is 0.354. The van der Waals surface area contributed by atoms with Crippen molar-refractivity contribution in [1.29, 1.82) is 0 Å². The Balaban J connectivity index is 2.13. The molecule has 0 aromatic heterocycles. The third kappa shape index (κ3) is 4.10. The maximum atomic E-state index is 4.82. The zero-order valence-electron chi connectivity index (χ0n) is 9.05. The van der Waals surface area contributed by atoms with Crippen LogP contribution in [0.4, 0.5) is 0 Å². The molecule has 0 bridgehead atoms. The fraction of sp³-hybridized carbons (Fsp3) is 1.00. The summed E-state index contributed by atoms with van der Waals surface area (Å²) in [5, 5.41) is 8.30. The van der Waals surface area contributed by atoms with Gasteiger partial charge in [-0.2, -0.15) is 0 Å². The molecule has 1 N–H and O–H groups in total. The molecule has 0 spiro atoms. The van der Waals surface area contributed by atoms with Gasteiger partial charge in [-0.05, 0) is 32.2 Å². The molecule has 13 heavy (non-hydrogen) atoms. The van der Waals surface area contributed by atoms with Crippen LogP contribution in [0.5, 0.6) is 0 Å². The predicted octanol–water partition coefficient (Wildman–Crippen LogP) is 2.27. The maximum absolute atomic E-state index is 4.82. The number of hydrogen-bond acceptors (Lipinski definition) is 1. The van der Waals surface area contributed by atoms with E-state index < -0.39 is 0 Å². The zero-order chi connectivity index (χ0) is 9.52. The first-order chi connectivity index (χ1) is 6.36. The summed E-state index contributed by atoms with van der Waals surface area (Å²) in [6.07, 6.45) is 8.18. The first-order valence-corrected chi connectivity index (χ1v) is 5.80. The summed E-state index contributed by atoms with van der Waals surface area (Å²) in [7, 11) is 0. The summed E-state index contributed by atoms with van der Waals surface area (Å²) in [6.45, 7) is 5.52. The average molecular weight is 183 g/mol. The Morgan fingerprint density at radius 1 is 1.31 bits per heavy atom. The maximum Gasteiger partial charge on any atom is 0.0736 e. The fourth-order valence-electron chi connectivity index (χ4n) is 1.92. The molecule has 2 nitrogen and oxygen atoms in total. The van der Waals surface area contributed by atoms with Crippen molar-refractivity contribution >= 4 is 0 Å². The Hall–Kier alpha value is -0.0800. The van der Waals surface area contributed by atoms with Crippen molar-refractivity contribution in [1.82, 2.24) is 10.6 Å². The van der Waals surface area contributed by atoms with Crippen molar-refractivity contribution < 1.29 is 0 Å². The fourth-order valence-corrected chi connectivity index (χ4v) is 1.92. The van der Waals surface area contributed by atoms with Crippen molar-refractivity contribution in [3.63, 3.8) is 0 Å². The van der Waals surface area contributed by atoms with Gasteiger partial charge in [0.25, 0.3) is 0 Å². The van der Waals surface area contributed by atoms with E-state index in [0.717, 1.165) is 13.0 Å². The lowest BCUT2D eigenvalue weighted by Gasteiger charge is -2.20. The highest BCUT2D eigenvalue weighted by atomic mass is 15.1. The van der Waals surface area contributed by atoms with E-state index in [1.54, 1.807) is 0 Å². The second kappa shape index (κ2) is 6.39. The van der Waals surface area contributed by atoms with Crippen LogP contribution in [-0.2, 0) is 0 Å². The smallest absolute Gasteiger partial charge is 0.0736 e. The summed E-state index contributed by atoms with van der Waals surface area (Å²) < 4.78 is 0. The number of nitrogens with one attached hydrogen (secondary N) is 1. The molecule has 0 saturated heterocycles. The number of nitrogens with zero attached hydrogens (tertiary/aromatic N) is 1. The summed E-state index contributed by atoms with van der Waals surface area (Å²) >= 11 is 0. The predicted molar refractivity (Wildman–Crippen MR) is 56.8 cm³/mol. The van der Waals surface area contributed by atoms with Gasteiger partial charge < -0.3 is 5.32 Å². The van der Waals surface area contributed by atoms with Crippen LogP contribution in [0.3, 0.4) is 0 Å². The summed E-state index contributed by atoms with van der Waals surface area (Å²) in [5.41, 5.74) is 0. The molecule has 0 aromatic rings. The molecule has 0 amide bonds. The molecule has 1 radical (unpaired) electrons. The lowest BCUT2D eigenvalue weighted by Crippen LogP contribution is -2.41. The lowest BCUT2D eigenvalue weighted by atomic mass is 10.2. The van der Waals surface area contributed by atoms with Gasteiger partial charge in [-0.15, -0.1) is 0 Å². The van der Waals surface area contributed by atoms with Crippen molar-refractivity contribution in [3.05, 3.63) is 0 Å². The second-order valence-corrected chi connectivity index (χ2v) is 3.97. The third-order valence-electron chi connectivity index (χ3n) is 2.73. The summed E-state index contributed by atoms with van der Waals surface area (Å²) in [5.74, 6) is 0. The van der Waals surface area contributed by atoms with Gasteiger partial charge in [0.1, 0.15) is 0 Å². The third-order valence-corrected chi connectivity index (χ3v) is 2.73. The van der Waals surface area contributed by atoms with E-state index in [0.29, 0.717) is 12.2 Å². The van der Waals surface area contributed by atoms with Crippen LogP contribution in [0.15, 0.2) is 0 Å². The highest BCUT2D eigenvalue weighted by molar-refractivity contribution is 4.76. The molecule has 0 aliphatic heterocycles. The minimum atomic E-state index is 0.419. The molecule has 1 fully saturated rings. The molecule has 1 aliphatic carbocycles. The van der Waals surface area contributed by atoms with Crippen LogP contribution in [0.1, 0.15) is 52.4 Å². The largest absolute Gasteiger partial charge is 0.301 e. The molecular weight excluding hydrogens is 160 g/mol. The second-order valence-electron chi connectivity index (χ2n) is 3.97. The average Bonchev–Trinajstić information content (AvgIpc) is 2.64. The van der Waals surface area contributed by atoms with Crippen LogP contribution in [0.25, 0.3) is 0 Å². The molecule has 0 aromatic carbocycles. The molecule has 1 unspecified atom stereocenters. The summed E-state index contributed by atoms with van der Waals surface area (Å²) in [6, 6.07) is 0.661. The van der Waals surface area contributed by atoms with Crippen LogP contribution in [0.2, 0.25) is 0 Å². The Morgan fingerprint density at radius 3 is 2.54 bits per heavy atom. The molecule has 1 aliphatic rings. The van der Waals surface area contributed by atoms with Crippen molar-refractivity contribution in [2.24, 2.45) is 0 Å². The minimum Gasteiger partial charge on any atom is -0.301 e. The minimum absolute atomic E-state index is 0.419. The van der Waals surface area contributed by atoms with Gasteiger partial charge in [0.05, 0.1) is 6.17 Å². The first kappa shape index (κ1) is 11.0. The van der Waals surface area contributed by atoms with E-state index in [4.69, 9.17) is 5.32 Å². The first-order valence-electron chi connectivity index (χ1n) is 5.80. The van der Waals surface area contributed by atoms with Gasteiger partial charge in [-0.25, -0.2) is 5.32 Å². The van der Waals surface area contributed by atoms with E-state index in [9.17, 15) is 0 Å². The molecule has 77 valence electrons. The van der Waals surface area contributed by atoms with Crippen LogP contribution >= 0.6 is 0 Å². The van der Waals surface area contributed by atoms with Crippen LogP contribution in [-0.4, -0.2) is 18.8 Å². The highest BCUT2D eigenvalue weighted by Gasteiger charge is 2.18. The Morgan fingerprint density at radius 2 is 2.00 bits per heavy atom. The standard InChI is InChI=1S/C11H23N2/c1-3-9-12-11(4-2)13-10-7-5-6-8-10/h10-12H,3-9H2,1-2H3. The Kier molecular flexibility index (Phi) is 5.40.